The molecule has 1 aliphatic rings. The summed E-state index contributed by atoms with van der Waals surface area (Å²) in [6, 6.07) is 8.90. The van der Waals surface area contributed by atoms with Crippen LogP contribution in [0, 0.1) is 6.92 Å². The highest BCUT2D eigenvalue weighted by Crippen LogP contribution is 2.38. The molecule has 3 heterocycles. The lowest BCUT2D eigenvalue weighted by molar-refractivity contribution is -0.121. The molecule has 0 fully saturated rings. The van der Waals surface area contributed by atoms with Gasteiger partial charge in [-0.05, 0) is 37.3 Å². The number of amides is 2. The van der Waals surface area contributed by atoms with Crippen molar-refractivity contribution in [3.63, 3.8) is 0 Å². The van der Waals surface area contributed by atoms with Gasteiger partial charge < -0.3 is 9.64 Å². The summed E-state index contributed by atoms with van der Waals surface area (Å²) in [4.78, 5) is 35.7. The number of benzene rings is 1. The number of carbonyl (C=O) groups excluding carboxylic acids is 2. The van der Waals surface area contributed by atoms with Crippen LogP contribution in [0.1, 0.15) is 15.2 Å². The number of aromatic nitrogens is 2. The van der Waals surface area contributed by atoms with Gasteiger partial charge in [-0.15, -0.1) is 17.9 Å². The van der Waals surface area contributed by atoms with E-state index in [4.69, 9.17) is 4.74 Å². The molecule has 1 aliphatic heterocycles. The van der Waals surface area contributed by atoms with E-state index < -0.39 is 0 Å². The minimum Gasteiger partial charge on any atom is -0.482 e. The molecule has 0 bridgehead atoms. The van der Waals surface area contributed by atoms with Gasteiger partial charge in [-0.3, -0.25) is 19.9 Å². The summed E-state index contributed by atoms with van der Waals surface area (Å²) in [6.07, 6.45) is 4.82. The molecule has 0 unspecified atom stereocenters. The second-order valence-electron chi connectivity index (χ2n) is 6.38. The number of pyridine rings is 1. The second kappa shape index (κ2) is 7.84. The quantitative estimate of drug-likeness (QED) is 0.654. The number of thiazole rings is 1. The minimum atomic E-state index is -0.241. The molecule has 0 aliphatic carbocycles. The predicted octanol–water partition coefficient (Wildman–Crippen LogP) is 3.68. The van der Waals surface area contributed by atoms with E-state index in [0.717, 1.165) is 16.1 Å². The number of ether oxygens (including phenoxy) is 1. The zero-order valence-corrected chi connectivity index (χ0v) is 16.5. The molecule has 0 saturated heterocycles. The number of hydrogen-bond acceptors (Lipinski definition) is 6. The molecule has 7 nitrogen and oxygen atoms in total. The van der Waals surface area contributed by atoms with Gasteiger partial charge in [-0.1, -0.05) is 6.08 Å². The summed E-state index contributed by atoms with van der Waals surface area (Å²) in [6.45, 7) is 6.09. The largest absolute Gasteiger partial charge is 0.482 e. The number of nitrogens with one attached hydrogen (secondary N) is 1. The van der Waals surface area contributed by atoms with Crippen molar-refractivity contribution in [3.05, 3.63) is 65.8 Å². The maximum absolute atomic E-state index is 12.4. The van der Waals surface area contributed by atoms with Gasteiger partial charge in [0.15, 0.2) is 11.7 Å². The Hall–Kier alpha value is -3.52. The Morgan fingerprint density at radius 2 is 2.14 bits per heavy atom. The first kappa shape index (κ1) is 18.8. The fourth-order valence-corrected chi connectivity index (χ4v) is 3.90. The minimum absolute atomic E-state index is 0.0150. The van der Waals surface area contributed by atoms with Crippen molar-refractivity contribution in [2.45, 2.75) is 6.92 Å². The van der Waals surface area contributed by atoms with Gasteiger partial charge in [0.25, 0.3) is 11.8 Å². The average Bonchev–Trinajstić information content (AvgIpc) is 3.10. The summed E-state index contributed by atoms with van der Waals surface area (Å²) in [5.74, 6) is 0.290. The molecule has 2 aromatic heterocycles. The lowest BCUT2D eigenvalue weighted by atomic mass is 10.1. The summed E-state index contributed by atoms with van der Waals surface area (Å²) in [5, 5.41) is 3.33. The fourth-order valence-electron chi connectivity index (χ4n) is 3.07. The first-order chi connectivity index (χ1) is 14.1. The van der Waals surface area contributed by atoms with E-state index >= 15 is 0 Å². The topological polar surface area (TPSA) is 84.4 Å². The average molecular weight is 406 g/mol. The van der Waals surface area contributed by atoms with Gasteiger partial charge in [0.2, 0.25) is 0 Å². The van der Waals surface area contributed by atoms with E-state index in [2.05, 4.69) is 21.9 Å². The Bertz CT molecular complexity index is 1090. The highest BCUT2D eigenvalue weighted by molar-refractivity contribution is 7.16. The van der Waals surface area contributed by atoms with Crippen LogP contribution in [0.4, 0.5) is 10.8 Å². The van der Waals surface area contributed by atoms with E-state index in [1.807, 2.05) is 25.1 Å². The number of hydrogen-bond donors (Lipinski definition) is 1. The monoisotopic (exact) mass is 406 g/mol. The highest BCUT2D eigenvalue weighted by atomic mass is 32.1. The van der Waals surface area contributed by atoms with Crippen molar-refractivity contribution in [3.8, 4) is 17.0 Å². The Labute approximate surface area is 171 Å². The summed E-state index contributed by atoms with van der Waals surface area (Å²) in [5.41, 5.74) is 2.79. The Kier molecular flexibility index (Phi) is 5.09. The van der Waals surface area contributed by atoms with Crippen molar-refractivity contribution in [1.29, 1.82) is 0 Å². The molecule has 0 spiro atoms. The van der Waals surface area contributed by atoms with Crippen LogP contribution >= 0.6 is 11.3 Å². The standard InChI is InChI=1S/C21H18N4O3S/c1-3-10-25-16-11-15(4-5-17(16)28-12-18(25)26)19-13(2)29-21(23-19)24-20(27)14-6-8-22-9-7-14/h3-9,11H,1,10,12H2,2H3,(H,23,24,27). The van der Waals surface area contributed by atoms with Gasteiger partial charge in [0.05, 0.1) is 11.4 Å². The van der Waals surface area contributed by atoms with Crippen molar-refractivity contribution in [2.24, 2.45) is 0 Å². The molecule has 0 radical (unpaired) electrons. The van der Waals surface area contributed by atoms with E-state index in [1.54, 1.807) is 35.5 Å². The molecule has 3 aromatic rings. The van der Waals surface area contributed by atoms with Crippen LogP contribution < -0.4 is 15.0 Å². The molecule has 2 amide bonds. The van der Waals surface area contributed by atoms with Crippen LogP contribution in [-0.4, -0.2) is 34.9 Å². The van der Waals surface area contributed by atoms with Gasteiger partial charge in [0.1, 0.15) is 5.75 Å². The first-order valence-corrected chi connectivity index (χ1v) is 9.75. The van der Waals surface area contributed by atoms with E-state index in [9.17, 15) is 9.59 Å². The normalized spacial score (nSPS) is 12.9. The fraction of sp³-hybridized carbons (Fsp3) is 0.143. The third-order valence-electron chi connectivity index (χ3n) is 4.45. The smallest absolute Gasteiger partial charge is 0.265 e. The molecule has 0 atom stereocenters. The van der Waals surface area contributed by atoms with Crippen LogP contribution in [0.3, 0.4) is 0 Å². The second-order valence-corrected chi connectivity index (χ2v) is 7.58. The number of fused-ring (bicyclic) bond motifs is 1. The summed E-state index contributed by atoms with van der Waals surface area (Å²) in [7, 11) is 0. The summed E-state index contributed by atoms with van der Waals surface area (Å²) >= 11 is 1.39. The molecule has 29 heavy (non-hydrogen) atoms. The van der Waals surface area contributed by atoms with Gasteiger partial charge in [-0.25, -0.2) is 4.98 Å². The number of nitrogens with zero attached hydrogens (tertiary/aromatic N) is 3. The molecular weight excluding hydrogens is 388 g/mol. The van der Waals surface area contributed by atoms with Crippen molar-refractivity contribution in [2.75, 3.05) is 23.4 Å². The lowest BCUT2D eigenvalue weighted by Crippen LogP contribution is -2.38. The zero-order valence-electron chi connectivity index (χ0n) is 15.7. The Morgan fingerprint density at radius 3 is 2.90 bits per heavy atom. The molecule has 1 aromatic carbocycles. The number of aryl methyl sites for hydroxylation is 1. The van der Waals surface area contributed by atoms with E-state index in [-0.39, 0.29) is 18.4 Å². The Balaban J connectivity index is 1.63. The maximum atomic E-state index is 12.4. The van der Waals surface area contributed by atoms with Gasteiger partial charge >= 0.3 is 0 Å². The predicted molar refractivity (Wildman–Crippen MR) is 113 cm³/mol. The van der Waals surface area contributed by atoms with Crippen LogP contribution in [0.25, 0.3) is 11.3 Å². The van der Waals surface area contributed by atoms with Crippen LogP contribution in [0.2, 0.25) is 0 Å². The third kappa shape index (κ3) is 3.74. The van der Waals surface area contributed by atoms with E-state index in [0.29, 0.717) is 28.7 Å². The summed E-state index contributed by atoms with van der Waals surface area (Å²) < 4.78 is 5.53. The molecule has 1 N–H and O–H groups in total. The van der Waals surface area contributed by atoms with Gasteiger partial charge in [0, 0.05) is 34.9 Å². The van der Waals surface area contributed by atoms with Crippen LogP contribution in [0.15, 0.2) is 55.4 Å². The lowest BCUT2D eigenvalue weighted by Gasteiger charge is -2.28. The SMILES string of the molecule is C=CCN1C(=O)COc2ccc(-c3nc(NC(=O)c4ccncc4)sc3C)cc21. The maximum Gasteiger partial charge on any atom is 0.265 e. The molecule has 146 valence electrons. The van der Waals surface area contributed by atoms with Crippen LogP contribution in [-0.2, 0) is 4.79 Å². The van der Waals surface area contributed by atoms with Crippen molar-refractivity contribution >= 4 is 34.0 Å². The van der Waals surface area contributed by atoms with Crippen LogP contribution in [0.5, 0.6) is 5.75 Å². The zero-order chi connectivity index (χ0) is 20.4. The van der Waals surface area contributed by atoms with E-state index in [1.165, 1.54) is 11.3 Å². The molecule has 8 heteroatoms. The van der Waals surface area contributed by atoms with Gasteiger partial charge in [-0.2, -0.15) is 0 Å². The Morgan fingerprint density at radius 1 is 1.34 bits per heavy atom. The first-order valence-electron chi connectivity index (χ1n) is 8.94. The van der Waals surface area contributed by atoms with Crippen molar-refractivity contribution < 1.29 is 14.3 Å². The third-order valence-corrected chi connectivity index (χ3v) is 5.33. The van der Waals surface area contributed by atoms with Crippen molar-refractivity contribution in [1.82, 2.24) is 9.97 Å². The molecular formula is C21H18N4O3S. The number of anilines is 2. The number of carbonyl (C=O) groups is 2. The highest BCUT2D eigenvalue weighted by Gasteiger charge is 2.25. The molecule has 4 rings (SSSR count). The molecule has 0 saturated carbocycles. The number of rotatable bonds is 5.